The molecule has 9 rings (SSSR count). The topological polar surface area (TPSA) is 201 Å². The molecular formula is C47H53N11O6. The van der Waals surface area contributed by atoms with E-state index < -0.39 is 29.7 Å². The number of piperidine rings is 2. The summed E-state index contributed by atoms with van der Waals surface area (Å²) in [6, 6.07) is 21.5. The largest absolute Gasteiger partial charge is 0.457 e. The van der Waals surface area contributed by atoms with E-state index in [1.54, 1.807) is 18.2 Å². The zero-order valence-corrected chi connectivity index (χ0v) is 35.8. The van der Waals surface area contributed by atoms with Gasteiger partial charge in [0.2, 0.25) is 17.7 Å². The third-order valence-corrected chi connectivity index (χ3v) is 12.7. The van der Waals surface area contributed by atoms with Gasteiger partial charge in [0.1, 0.15) is 35.4 Å². The number of likely N-dealkylation sites (tertiary alicyclic amines) is 1. The number of hydrogen-bond acceptors (Lipinski definition) is 13. The summed E-state index contributed by atoms with van der Waals surface area (Å²) in [7, 11) is 0. The molecule has 5 amide bonds. The summed E-state index contributed by atoms with van der Waals surface area (Å²) in [4.78, 5) is 81.0. The van der Waals surface area contributed by atoms with Crippen LogP contribution in [0.4, 0.5) is 11.5 Å². The van der Waals surface area contributed by atoms with Gasteiger partial charge in [0.25, 0.3) is 11.8 Å². The number of hydrogen-bond donors (Lipinski definition) is 3. The van der Waals surface area contributed by atoms with Crippen LogP contribution >= 0.6 is 0 Å². The second-order valence-electron chi connectivity index (χ2n) is 16.9. The molecule has 332 valence electrons. The molecular weight excluding hydrogens is 815 g/mol. The van der Waals surface area contributed by atoms with Crippen molar-refractivity contribution >= 4 is 52.1 Å². The van der Waals surface area contributed by atoms with Crippen molar-refractivity contribution in [2.75, 3.05) is 70.0 Å². The van der Waals surface area contributed by atoms with E-state index in [-0.39, 0.29) is 35.9 Å². The van der Waals surface area contributed by atoms with Crippen molar-refractivity contribution in [2.24, 2.45) is 0 Å². The molecule has 1 unspecified atom stereocenters. The average Bonchev–Trinajstić information content (AvgIpc) is 3.83. The normalized spacial score (nSPS) is 19.6. The number of nitrogens with zero attached hydrogens (tertiary/aromatic N) is 8. The summed E-state index contributed by atoms with van der Waals surface area (Å²) in [6.07, 6.45) is 6.56. The molecule has 6 heterocycles. The molecule has 0 bridgehead atoms. The third-order valence-electron chi connectivity index (χ3n) is 12.7. The number of rotatable bonds is 15. The second-order valence-corrected chi connectivity index (χ2v) is 16.9. The van der Waals surface area contributed by atoms with Crippen molar-refractivity contribution in [1.82, 2.24) is 44.7 Å². The fourth-order valence-corrected chi connectivity index (χ4v) is 9.33. The fraction of sp³-hybridized carbons (Fsp3) is 0.404. The van der Waals surface area contributed by atoms with Crippen LogP contribution in [0.1, 0.15) is 78.1 Å². The summed E-state index contributed by atoms with van der Waals surface area (Å²) in [5.74, 6) is -0.0351. The molecule has 0 spiro atoms. The van der Waals surface area contributed by atoms with Gasteiger partial charge in [0.15, 0.2) is 5.65 Å². The maximum absolute atomic E-state index is 13.6. The first-order valence-electron chi connectivity index (χ1n) is 22.3. The fourth-order valence-electron chi connectivity index (χ4n) is 9.33. The molecule has 4 N–H and O–H groups in total. The Bertz CT molecular complexity index is 2540. The number of nitrogen functional groups attached to an aromatic ring is 1. The third kappa shape index (κ3) is 9.03. The summed E-state index contributed by atoms with van der Waals surface area (Å²) in [6.45, 7) is 7.59. The average molecular weight is 868 g/mol. The Balaban J connectivity index is 0.705. The van der Waals surface area contributed by atoms with Gasteiger partial charge in [-0.1, -0.05) is 24.3 Å². The molecule has 4 aliphatic rings. The van der Waals surface area contributed by atoms with Gasteiger partial charge in [-0.05, 0) is 100 Å². The number of piperazine rings is 1. The number of nitrogens with two attached hydrogens (primary N) is 1. The number of carbonyl (C=O) groups excluding carboxylic acids is 5. The lowest BCUT2D eigenvalue weighted by molar-refractivity contribution is -0.136. The smallest absolute Gasteiger partial charge is 0.264 e. The van der Waals surface area contributed by atoms with Crippen LogP contribution in [0.2, 0.25) is 0 Å². The Morgan fingerprint density at radius 2 is 1.56 bits per heavy atom. The van der Waals surface area contributed by atoms with E-state index in [1.807, 2.05) is 64.2 Å². The van der Waals surface area contributed by atoms with Crippen LogP contribution in [0.3, 0.4) is 0 Å². The molecule has 0 radical (unpaired) electrons. The highest BCUT2D eigenvalue weighted by Crippen LogP contribution is 2.36. The van der Waals surface area contributed by atoms with Gasteiger partial charge < -0.3 is 30.5 Å². The summed E-state index contributed by atoms with van der Waals surface area (Å²) in [5, 5.41) is 11.3. The number of amides is 5. The zero-order valence-electron chi connectivity index (χ0n) is 35.8. The minimum absolute atomic E-state index is 0.0421. The molecule has 3 fully saturated rings. The van der Waals surface area contributed by atoms with E-state index >= 15 is 0 Å². The number of fused-ring (bicyclic) bond motifs is 2. The molecule has 4 aliphatic heterocycles. The van der Waals surface area contributed by atoms with Crippen LogP contribution in [0.15, 0.2) is 79.1 Å². The first kappa shape index (κ1) is 42.6. The predicted molar refractivity (Wildman–Crippen MR) is 239 cm³/mol. The molecule has 0 aliphatic carbocycles. The summed E-state index contributed by atoms with van der Waals surface area (Å²) >= 11 is 0. The van der Waals surface area contributed by atoms with E-state index in [0.29, 0.717) is 53.5 Å². The molecule has 17 heteroatoms. The van der Waals surface area contributed by atoms with Gasteiger partial charge in [-0.3, -0.25) is 34.2 Å². The summed E-state index contributed by atoms with van der Waals surface area (Å²) < 4.78 is 7.93. The number of para-hydroxylation sites is 1. The Kier molecular flexibility index (Phi) is 12.6. The minimum Gasteiger partial charge on any atom is -0.457 e. The number of anilines is 2. The number of carbonyl (C=O) groups is 5. The SMILES string of the molecule is Nc1ncnc2c1c(-c1ccc(Oc3ccccc3)cc1)nn2[C@@H]1CCCN(C(=O)CCCN2CCN(CCCCNc3cccc4c3C(=O)N(C3CCC(=O)NC3=O)C4=O)CC2)C1. The van der Waals surface area contributed by atoms with Crippen molar-refractivity contribution in [1.29, 1.82) is 0 Å². The van der Waals surface area contributed by atoms with Crippen LogP contribution in [0, 0.1) is 0 Å². The van der Waals surface area contributed by atoms with Gasteiger partial charge in [0.05, 0.1) is 22.6 Å². The number of ether oxygens (including phenoxy) is 1. The highest BCUT2D eigenvalue weighted by Gasteiger charge is 2.45. The quantitative estimate of drug-likeness (QED) is 0.0965. The zero-order chi connectivity index (χ0) is 44.2. The van der Waals surface area contributed by atoms with Crippen molar-refractivity contribution in [3.63, 3.8) is 0 Å². The van der Waals surface area contributed by atoms with Crippen LogP contribution < -0.4 is 21.1 Å². The van der Waals surface area contributed by atoms with Gasteiger partial charge in [0, 0.05) is 69.9 Å². The second kappa shape index (κ2) is 18.9. The maximum atomic E-state index is 13.6. The Hall–Kier alpha value is -6.72. The highest BCUT2D eigenvalue weighted by atomic mass is 16.5. The maximum Gasteiger partial charge on any atom is 0.264 e. The van der Waals surface area contributed by atoms with Crippen LogP contribution in [0.5, 0.6) is 11.5 Å². The van der Waals surface area contributed by atoms with Crippen molar-refractivity contribution in [2.45, 2.75) is 63.5 Å². The van der Waals surface area contributed by atoms with E-state index in [9.17, 15) is 24.0 Å². The Morgan fingerprint density at radius 3 is 2.33 bits per heavy atom. The first-order chi connectivity index (χ1) is 31.2. The Labute approximate surface area is 370 Å². The molecule has 3 saturated heterocycles. The van der Waals surface area contributed by atoms with E-state index in [0.717, 1.165) is 94.1 Å². The molecule has 5 aromatic rings. The van der Waals surface area contributed by atoms with E-state index in [2.05, 4.69) is 30.4 Å². The van der Waals surface area contributed by atoms with Gasteiger partial charge >= 0.3 is 0 Å². The Morgan fingerprint density at radius 1 is 0.812 bits per heavy atom. The summed E-state index contributed by atoms with van der Waals surface area (Å²) in [5.41, 5.74) is 9.79. The van der Waals surface area contributed by atoms with Crippen molar-refractivity contribution < 1.29 is 28.7 Å². The number of imide groups is 2. The number of unbranched alkanes of at least 4 members (excludes halogenated alkanes) is 1. The molecule has 17 nitrogen and oxygen atoms in total. The lowest BCUT2D eigenvalue weighted by Gasteiger charge is -2.35. The lowest BCUT2D eigenvalue weighted by atomic mass is 10.0. The standard InChI is InChI=1S/C47H53N11O6/c48-43-41-42(31-15-17-34(18-16-31)64-33-10-2-1-3-11-33)53-58(44(41)51-30-50-43)32-9-7-24-56(29-32)39(60)14-8-23-55-27-25-54(26-28-55)22-5-4-21-49-36-13-6-12-35-40(36)47(63)57(46(35)62)37-19-20-38(59)52-45(37)61/h1-3,6,10-13,15-18,30,32,37,49H,4-5,7-9,14,19-29H2,(H2,48,50,51)(H,52,59,61)/t32-,37?/m1/s1. The monoisotopic (exact) mass is 867 g/mol. The van der Waals surface area contributed by atoms with Crippen LogP contribution in [-0.4, -0.2) is 134 Å². The number of benzene rings is 3. The van der Waals surface area contributed by atoms with Gasteiger partial charge in [-0.15, -0.1) is 0 Å². The van der Waals surface area contributed by atoms with Crippen LogP contribution in [-0.2, 0) is 14.4 Å². The molecule has 0 saturated carbocycles. The van der Waals surface area contributed by atoms with Crippen LogP contribution in [0.25, 0.3) is 22.3 Å². The minimum atomic E-state index is -0.990. The lowest BCUT2D eigenvalue weighted by Crippen LogP contribution is -2.54. The van der Waals surface area contributed by atoms with Gasteiger partial charge in [-0.25, -0.2) is 14.6 Å². The van der Waals surface area contributed by atoms with E-state index in [4.69, 9.17) is 15.6 Å². The molecule has 3 aromatic carbocycles. The molecule has 2 aromatic heterocycles. The number of aromatic nitrogens is 4. The van der Waals surface area contributed by atoms with Gasteiger partial charge in [-0.2, -0.15) is 5.10 Å². The molecule has 64 heavy (non-hydrogen) atoms. The highest BCUT2D eigenvalue weighted by molar-refractivity contribution is 6.25. The van der Waals surface area contributed by atoms with Crippen molar-refractivity contribution in [3.8, 4) is 22.8 Å². The predicted octanol–water partition coefficient (Wildman–Crippen LogP) is 4.72. The first-order valence-corrected chi connectivity index (χ1v) is 22.3. The van der Waals surface area contributed by atoms with E-state index in [1.165, 1.54) is 6.33 Å². The molecule has 2 atom stereocenters. The number of nitrogens with one attached hydrogen (secondary N) is 2. The van der Waals surface area contributed by atoms with Crippen molar-refractivity contribution in [3.05, 3.63) is 90.3 Å².